The summed E-state index contributed by atoms with van der Waals surface area (Å²) in [5, 5.41) is 3.21. The second kappa shape index (κ2) is 11.7. The first-order chi connectivity index (χ1) is 17.5. The number of methoxy groups -OCH3 is 1. The van der Waals surface area contributed by atoms with Gasteiger partial charge in [0.2, 0.25) is 11.8 Å². The third-order valence-corrected chi connectivity index (χ3v) is 6.57. The molecular formula is C29H34N4O3. The smallest absolute Gasteiger partial charge is 0.241 e. The maximum atomic E-state index is 13.3. The molecule has 1 N–H and O–H groups in total. The van der Waals surface area contributed by atoms with Crippen LogP contribution >= 0.6 is 0 Å². The summed E-state index contributed by atoms with van der Waals surface area (Å²) in [5.41, 5.74) is 3.06. The summed E-state index contributed by atoms with van der Waals surface area (Å²) in [6.45, 7) is 1.98. The van der Waals surface area contributed by atoms with Gasteiger partial charge in [0.05, 0.1) is 19.7 Å². The van der Waals surface area contributed by atoms with Crippen molar-refractivity contribution in [2.45, 2.75) is 12.1 Å². The first-order valence-electron chi connectivity index (χ1n) is 12.2. The SMILES string of the molecule is COc1ccc(N2CCN(CC(=O)NC(c3ccccc3)c3ccccc3)[C@@H](C(=O)N(C)C)C2)cc1. The summed E-state index contributed by atoms with van der Waals surface area (Å²) >= 11 is 0. The number of piperazine rings is 1. The molecule has 1 atom stereocenters. The number of hydrogen-bond donors (Lipinski definition) is 1. The summed E-state index contributed by atoms with van der Waals surface area (Å²) in [6.07, 6.45) is 0. The molecule has 0 saturated carbocycles. The molecule has 4 rings (SSSR count). The minimum atomic E-state index is -0.423. The number of ether oxygens (including phenoxy) is 1. The number of nitrogens with zero attached hydrogens (tertiary/aromatic N) is 3. The monoisotopic (exact) mass is 486 g/mol. The van der Waals surface area contributed by atoms with Crippen molar-refractivity contribution in [2.24, 2.45) is 0 Å². The van der Waals surface area contributed by atoms with E-state index in [2.05, 4.69) is 10.2 Å². The number of carbonyl (C=O) groups is 2. The van der Waals surface area contributed by atoms with Crippen LogP contribution in [0.4, 0.5) is 5.69 Å². The Morgan fingerprint density at radius 2 is 1.50 bits per heavy atom. The average molecular weight is 487 g/mol. The van der Waals surface area contributed by atoms with Gasteiger partial charge in [0.25, 0.3) is 0 Å². The van der Waals surface area contributed by atoms with E-state index in [0.717, 1.165) is 29.1 Å². The molecule has 36 heavy (non-hydrogen) atoms. The minimum absolute atomic E-state index is 0.0105. The van der Waals surface area contributed by atoms with E-state index in [0.29, 0.717) is 13.1 Å². The molecule has 188 valence electrons. The molecule has 1 saturated heterocycles. The molecule has 3 aromatic rings. The molecule has 0 spiro atoms. The Morgan fingerprint density at radius 3 is 2.03 bits per heavy atom. The van der Waals surface area contributed by atoms with Gasteiger partial charge in [0.1, 0.15) is 11.8 Å². The molecule has 0 aliphatic carbocycles. The molecule has 0 radical (unpaired) electrons. The summed E-state index contributed by atoms with van der Waals surface area (Å²) in [4.78, 5) is 32.2. The first-order valence-corrected chi connectivity index (χ1v) is 12.2. The van der Waals surface area contributed by atoms with Gasteiger partial charge in [0, 0.05) is 39.4 Å². The Labute approximate surface area is 213 Å². The van der Waals surface area contributed by atoms with Gasteiger partial charge in [-0.05, 0) is 35.4 Å². The number of rotatable bonds is 8. The van der Waals surface area contributed by atoms with Crippen molar-refractivity contribution in [1.29, 1.82) is 0 Å². The van der Waals surface area contributed by atoms with Crippen LogP contribution in [0, 0.1) is 0 Å². The fourth-order valence-electron chi connectivity index (χ4n) is 4.61. The van der Waals surface area contributed by atoms with Gasteiger partial charge in [-0.3, -0.25) is 14.5 Å². The van der Waals surface area contributed by atoms with E-state index in [9.17, 15) is 9.59 Å². The minimum Gasteiger partial charge on any atom is -0.497 e. The normalized spacial score (nSPS) is 16.0. The van der Waals surface area contributed by atoms with Crippen LogP contribution < -0.4 is 15.0 Å². The lowest BCUT2D eigenvalue weighted by atomic mass is 9.98. The van der Waals surface area contributed by atoms with Crippen LogP contribution in [0.1, 0.15) is 17.2 Å². The molecule has 7 nitrogen and oxygen atoms in total. The van der Waals surface area contributed by atoms with E-state index in [1.807, 2.05) is 89.8 Å². The molecule has 0 unspecified atom stereocenters. The molecule has 1 heterocycles. The van der Waals surface area contributed by atoms with Crippen molar-refractivity contribution >= 4 is 17.5 Å². The lowest BCUT2D eigenvalue weighted by Gasteiger charge is -2.42. The second-order valence-corrected chi connectivity index (χ2v) is 9.18. The van der Waals surface area contributed by atoms with Crippen LogP contribution in [0.25, 0.3) is 0 Å². The second-order valence-electron chi connectivity index (χ2n) is 9.18. The summed E-state index contributed by atoms with van der Waals surface area (Å²) in [6, 6.07) is 27.1. The molecule has 3 aromatic carbocycles. The Bertz CT molecular complexity index is 1100. The largest absolute Gasteiger partial charge is 0.497 e. The molecule has 7 heteroatoms. The van der Waals surface area contributed by atoms with Gasteiger partial charge in [-0.1, -0.05) is 60.7 Å². The number of amides is 2. The number of likely N-dealkylation sites (N-methyl/N-ethyl adjacent to an activating group) is 1. The van der Waals surface area contributed by atoms with E-state index < -0.39 is 6.04 Å². The Balaban J connectivity index is 1.49. The first kappa shape index (κ1) is 25.3. The summed E-state index contributed by atoms with van der Waals surface area (Å²) in [7, 11) is 5.16. The maximum absolute atomic E-state index is 13.3. The van der Waals surface area contributed by atoms with E-state index in [4.69, 9.17) is 4.74 Å². The van der Waals surface area contributed by atoms with Crippen LogP contribution in [-0.4, -0.2) is 75.0 Å². The van der Waals surface area contributed by atoms with Crippen molar-refractivity contribution in [3.8, 4) is 5.75 Å². The number of benzene rings is 3. The van der Waals surface area contributed by atoms with Gasteiger partial charge < -0.3 is 19.9 Å². The fourth-order valence-corrected chi connectivity index (χ4v) is 4.61. The lowest BCUT2D eigenvalue weighted by molar-refractivity contribution is -0.136. The molecule has 1 fully saturated rings. The molecule has 0 bridgehead atoms. The molecule has 1 aliphatic rings. The van der Waals surface area contributed by atoms with Crippen molar-refractivity contribution in [3.05, 3.63) is 96.1 Å². The van der Waals surface area contributed by atoms with Crippen molar-refractivity contribution in [1.82, 2.24) is 15.1 Å². The zero-order valence-electron chi connectivity index (χ0n) is 21.1. The van der Waals surface area contributed by atoms with E-state index in [1.54, 1.807) is 26.1 Å². The lowest BCUT2D eigenvalue weighted by Crippen LogP contribution is -2.60. The Hall–Kier alpha value is -3.84. The molecular weight excluding hydrogens is 452 g/mol. The highest BCUT2D eigenvalue weighted by molar-refractivity contribution is 5.84. The fraction of sp³-hybridized carbons (Fsp3) is 0.310. The number of hydrogen-bond acceptors (Lipinski definition) is 5. The van der Waals surface area contributed by atoms with Gasteiger partial charge in [-0.2, -0.15) is 0 Å². The third kappa shape index (κ3) is 6.04. The highest BCUT2D eigenvalue weighted by Gasteiger charge is 2.35. The van der Waals surface area contributed by atoms with Crippen molar-refractivity contribution in [3.63, 3.8) is 0 Å². The van der Waals surface area contributed by atoms with E-state index in [-0.39, 0.29) is 24.4 Å². The van der Waals surface area contributed by atoms with E-state index >= 15 is 0 Å². The van der Waals surface area contributed by atoms with Gasteiger partial charge in [-0.25, -0.2) is 0 Å². The zero-order valence-corrected chi connectivity index (χ0v) is 21.1. The Morgan fingerprint density at radius 1 is 0.917 bits per heavy atom. The molecule has 2 amide bonds. The predicted octanol–water partition coefficient (Wildman–Crippen LogP) is 3.18. The quantitative estimate of drug-likeness (QED) is 0.530. The Kier molecular flexibility index (Phi) is 8.23. The standard InChI is InChI=1S/C29H34N4O3/c1-31(2)29(35)26-20-32(24-14-16-25(36-3)17-15-24)18-19-33(26)21-27(34)30-28(22-10-6-4-7-11-22)23-12-8-5-9-13-23/h4-17,26,28H,18-21H2,1-3H3,(H,30,34)/t26-/m1/s1. The molecule has 1 aliphatic heterocycles. The third-order valence-electron chi connectivity index (χ3n) is 6.57. The predicted molar refractivity (Wildman–Crippen MR) is 142 cm³/mol. The summed E-state index contributed by atoms with van der Waals surface area (Å²) in [5.74, 6) is 0.673. The van der Waals surface area contributed by atoms with Crippen LogP contribution in [0.2, 0.25) is 0 Å². The maximum Gasteiger partial charge on any atom is 0.241 e. The van der Waals surface area contributed by atoms with Crippen molar-refractivity contribution < 1.29 is 14.3 Å². The topological polar surface area (TPSA) is 65.1 Å². The number of carbonyl (C=O) groups excluding carboxylic acids is 2. The zero-order chi connectivity index (χ0) is 25.5. The highest BCUT2D eigenvalue weighted by Crippen LogP contribution is 2.24. The van der Waals surface area contributed by atoms with E-state index in [1.165, 1.54) is 0 Å². The van der Waals surface area contributed by atoms with Crippen LogP contribution in [0.5, 0.6) is 5.75 Å². The van der Waals surface area contributed by atoms with Crippen LogP contribution in [-0.2, 0) is 9.59 Å². The van der Waals surface area contributed by atoms with Crippen LogP contribution in [0.3, 0.4) is 0 Å². The van der Waals surface area contributed by atoms with Gasteiger partial charge >= 0.3 is 0 Å². The van der Waals surface area contributed by atoms with Crippen molar-refractivity contribution in [2.75, 3.05) is 52.3 Å². The number of anilines is 1. The van der Waals surface area contributed by atoms with Crippen LogP contribution in [0.15, 0.2) is 84.9 Å². The van der Waals surface area contributed by atoms with Gasteiger partial charge in [-0.15, -0.1) is 0 Å². The number of nitrogens with one attached hydrogen (secondary N) is 1. The molecule has 0 aromatic heterocycles. The highest BCUT2D eigenvalue weighted by atomic mass is 16.5. The average Bonchev–Trinajstić information content (AvgIpc) is 2.92. The van der Waals surface area contributed by atoms with Gasteiger partial charge in [0.15, 0.2) is 0 Å². The summed E-state index contributed by atoms with van der Waals surface area (Å²) < 4.78 is 5.27.